The number of ether oxygens (including phenoxy) is 1. The van der Waals surface area contributed by atoms with Crippen LogP contribution in [0.25, 0.3) is 0 Å². The van der Waals surface area contributed by atoms with Crippen molar-refractivity contribution in [3.63, 3.8) is 0 Å². The number of hydrogen-bond donors (Lipinski definition) is 1. The van der Waals surface area contributed by atoms with Gasteiger partial charge in [-0.1, -0.05) is 0 Å². The normalized spacial score (nSPS) is 11.0. The molecule has 0 atom stereocenters. The van der Waals surface area contributed by atoms with E-state index in [2.05, 4.69) is 26.2 Å². The molecule has 1 aromatic rings. The fourth-order valence-electron chi connectivity index (χ4n) is 1.20. The van der Waals surface area contributed by atoms with Crippen LogP contribution in [0.3, 0.4) is 0 Å². The number of rotatable bonds is 3. The Kier molecular flexibility index (Phi) is 4.99. The molecule has 0 unspecified atom stereocenters. The van der Waals surface area contributed by atoms with Gasteiger partial charge in [0, 0.05) is 10.7 Å². The fourth-order valence-corrected chi connectivity index (χ4v) is 1.50. The van der Waals surface area contributed by atoms with Crippen LogP contribution in [-0.2, 0) is 9.53 Å². The minimum absolute atomic E-state index is 0.340. The second kappa shape index (κ2) is 6.10. The first kappa shape index (κ1) is 15.6. The maximum Gasteiger partial charge on any atom is 0.325 e. The standard InChI is InChI=1S/C12H14BrFN2O3/c1-12(2,3)19-9(17)6-16-11(18)10-8(14)4-7(13)5-15-10/h4-5H,6H2,1-3H3,(H,16,18). The van der Waals surface area contributed by atoms with Crippen molar-refractivity contribution in [2.24, 2.45) is 0 Å². The summed E-state index contributed by atoms with van der Waals surface area (Å²) in [4.78, 5) is 26.6. The molecule has 1 N–H and O–H groups in total. The number of nitrogens with one attached hydrogen (secondary N) is 1. The Bertz CT molecular complexity index is 500. The van der Waals surface area contributed by atoms with Crippen LogP contribution in [0.15, 0.2) is 16.7 Å². The smallest absolute Gasteiger partial charge is 0.325 e. The zero-order chi connectivity index (χ0) is 14.6. The van der Waals surface area contributed by atoms with Crippen molar-refractivity contribution < 1.29 is 18.7 Å². The van der Waals surface area contributed by atoms with Gasteiger partial charge in [0.15, 0.2) is 11.5 Å². The van der Waals surface area contributed by atoms with Crippen molar-refractivity contribution >= 4 is 27.8 Å². The molecule has 19 heavy (non-hydrogen) atoms. The van der Waals surface area contributed by atoms with Crippen molar-refractivity contribution in [2.45, 2.75) is 26.4 Å². The highest BCUT2D eigenvalue weighted by molar-refractivity contribution is 9.10. The largest absolute Gasteiger partial charge is 0.459 e. The number of amides is 1. The Labute approximate surface area is 118 Å². The number of carbonyl (C=O) groups is 2. The first-order valence-corrected chi connectivity index (χ1v) is 6.29. The molecule has 0 radical (unpaired) electrons. The summed E-state index contributed by atoms with van der Waals surface area (Å²) < 4.78 is 18.8. The van der Waals surface area contributed by atoms with Crippen LogP contribution in [-0.4, -0.2) is 29.0 Å². The highest BCUT2D eigenvalue weighted by Crippen LogP contribution is 2.12. The van der Waals surface area contributed by atoms with Crippen molar-refractivity contribution in [2.75, 3.05) is 6.54 Å². The Morgan fingerprint density at radius 3 is 2.63 bits per heavy atom. The lowest BCUT2D eigenvalue weighted by molar-refractivity contribution is -0.153. The maximum absolute atomic E-state index is 13.4. The second-order valence-corrected chi connectivity index (χ2v) is 5.67. The average Bonchev–Trinajstić information content (AvgIpc) is 2.23. The van der Waals surface area contributed by atoms with E-state index in [1.54, 1.807) is 20.8 Å². The Balaban J connectivity index is 2.59. The Morgan fingerprint density at radius 2 is 2.11 bits per heavy atom. The highest BCUT2D eigenvalue weighted by atomic mass is 79.9. The van der Waals surface area contributed by atoms with E-state index in [1.807, 2.05) is 0 Å². The molecule has 0 aliphatic carbocycles. The SMILES string of the molecule is CC(C)(C)OC(=O)CNC(=O)c1ncc(Br)cc1F. The van der Waals surface area contributed by atoms with Crippen LogP contribution in [0.2, 0.25) is 0 Å². The van der Waals surface area contributed by atoms with E-state index in [4.69, 9.17) is 4.74 Å². The van der Waals surface area contributed by atoms with Gasteiger partial charge < -0.3 is 10.1 Å². The summed E-state index contributed by atoms with van der Waals surface area (Å²) in [7, 11) is 0. The molecule has 0 spiro atoms. The van der Waals surface area contributed by atoms with Gasteiger partial charge in [0.05, 0.1) is 0 Å². The van der Waals surface area contributed by atoms with Gasteiger partial charge in [-0.2, -0.15) is 0 Å². The van der Waals surface area contributed by atoms with Gasteiger partial charge in [-0.05, 0) is 42.8 Å². The lowest BCUT2D eigenvalue weighted by Crippen LogP contribution is -2.35. The number of halogens is 2. The molecule has 0 fully saturated rings. The summed E-state index contributed by atoms with van der Waals surface area (Å²) in [5.41, 5.74) is -1.00. The molecule has 1 rings (SSSR count). The molecular weight excluding hydrogens is 319 g/mol. The van der Waals surface area contributed by atoms with E-state index >= 15 is 0 Å². The molecular formula is C12H14BrFN2O3. The van der Waals surface area contributed by atoms with Gasteiger partial charge in [-0.15, -0.1) is 0 Å². The van der Waals surface area contributed by atoms with E-state index in [9.17, 15) is 14.0 Å². The first-order valence-electron chi connectivity index (χ1n) is 5.50. The van der Waals surface area contributed by atoms with Gasteiger partial charge in [0.2, 0.25) is 0 Å². The lowest BCUT2D eigenvalue weighted by atomic mass is 10.2. The number of hydrogen-bond acceptors (Lipinski definition) is 4. The van der Waals surface area contributed by atoms with Crippen LogP contribution >= 0.6 is 15.9 Å². The topological polar surface area (TPSA) is 68.3 Å². The number of pyridine rings is 1. The third-order valence-electron chi connectivity index (χ3n) is 1.84. The van der Waals surface area contributed by atoms with Crippen molar-refractivity contribution in [3.8, 4) is 0 Å². The predicted molar refractivity (Wildman–Crippen MR) is 70.1 cm³/mol. The van der Waals surface area contributed by atoms with Gasteiger partial charge in [0.1, 0.15) is 12.1 Å². The predicted octanol–water partition coefficient (Wildman–Crippen LogP) is 2.05. The van der Waals surface area contributed by atoms with Gasteiger partial charge in [0.25, 0.3) is 5.91 Å². The van der Waals surface area contributed by atoms with Gasteiger partial charge >= 0.3 is 5.97 Å². The summed E-state index contributed by atoms with van der Waals surface area (Å²) in [5.74, 6) is -2.13. The monoisotopic (exact) mass is 332 g/mol. The Morgan fingerprint density at radius 1 is 1.47 bits per heavy atom. The molecule has 7 heteroatoms. The van der Waals surface area contributed by atoms with Crippen LogP contribution in [0.4, 0.5) is 4.39 Å². The fraction of sp³-hybridized carbons (Fsp3) is 0.417. The van der Waals surface area contributed by atoms with Gasteiger partial charge in [-0.25, -0.2) is 9.37 Å². The van der Waals surface area contributed by atoms with Crippen molar-refractivity contribution in [1.82, 2.24) is 10.3 Å². The summed E-state index contributed by atoms with van der Waals surface area (Å²) in [6.45, 7) is 4.79. The molecule has 0 bridgehead atoms. The molecule has 0 saturated heterocycles. The summed E-state index contributed by atoms with van der Waals surface area (Å²) in [6, 6.07) is 1.12. The molecule has 1 heterocycles. The quantitative estimate of drug-likeness (QED) is 0.860. The zero-order valence-electron chi connectivity index (χ0n) is 10.8. The minimum Gasteiger partial charge on any atom is -0.459 e. The average molecular weight is 333 g/mol. The second-order valence-electron chi connectivity index (χ2n) is 4.75. The molecule has 0 aromatic carbocycles. The first-order chi connectivity index (χ1) is 8.69. The summed E-state index contributed by atoms with van der Waals surface area (Å²) in [5, 5.41) is 2.25. The number of esters is 1. The summed E-state index contributed by atoms with van der Waals surface area (Å²) in [6.07, 6.45) is 1.30. The van der Waals surface area contributed by atoms with Gasteiger partial charge in [-0.3, -0.25) is 9.59 Å². The number of aromatic nitrogens is 1. The van der Waals surface area contributed by atoms with E-state index < -0.39 is 23.3 Å². The molecule has 1 amide bonds. The van der Waals surface area contributed by atoms with E-state index in [-0.39, 0.29) is 12.2 Å². The molecule has 0 aliphatic heterocycles. The Hall–Kier alpha value is -1.50. The number of carbonyl (C=O) groups excluding carboxylic acids is 2. The zero-order valence-corrected chi connectivity index (χ0v) is 12.4. The highest BCUT2D eigenvalue weighted by Gasteiger charge is 2.18. The van der Waals surface area contributed by atoms with E-state index in [1.165, 1.54) is 6.20 Å². The van der Waals surface area contributed by atoms with Crippen molar-refractivity contribution in [1.29, 1.82) is 0 Å². The third-order valence-corrected chi connectivity index (χ3v) is 2.27. The molecule has 1 aromatic heterocycles. The molecule has 0 aliphatic rings. The number of nitrogens with zero attached hydrogens (tertiary/aromatic N) is 1. The minimum atomic E-state index is -0.768. The van der Waals surface area contributed by atoms with E-state index in [0.29, 0.717) is 4.47 Å². The van der Waals surface area contributed by atoms with Crippen LogP contribution in [0.5, 0.6) is 0 Å². The van der Waals surface area contributed by atoms with Crippen LogP contribution < -0.4 is 5.32 Å². The molecule has 104 valence electrons. The third kappa shape index (κ3) is 5.34. The van der Waals surface area contributed by atoms with Crippen LogP contribution in [0.1, 0.15) is 31.3 Å². The maximum atomic E-state index is 13.4. The van der Waals surface area contributed by atoms with Crippen LogP contribution in [0, 0.1) is 5.82 Å². The summed E-state index contributed by atoms with van der Waals surface area (Å²) >= 11 is 3.03. The van der Waals surface area contributed by atoms with E-state index in [0.717, 1.165) is 6.07 Å². The molecule has 5 nitrogen and oxygen atoms in total. The molecule has 0 saturated carbocycles. The lowest BCUT2D eigenvalue weighted by Gasteiger charge is -2.19. The van der Waals surface area contributed by atoms with Crippen molar-refractivity contribution in [3.05, 3.63) is 28.2 Å².